The number of H-pyrrole nitrogens is 1. The van der Waals surface area contributed by atoms with Crippen LogP contribution in [0.1, 0.15) is 50.1 Å². The molecule has 1 N–H and O–H groups in total. The number of rotatable bonds is 5. The fraction of sp³-hybridized carbons (Fsp3) is 0.450. The van der Waals surface area contributed by atoms with E-state index < -0.39 is 0 Å². The maximum absolute atomic E-state index is 6.03. The third-order valence-electron chi connectivity index (χ3n) is 5.01. The van der Waals surface area contributed by atoms with Crippen LogP contribution in [0, 0.1) is 5.92 Å². The van der Waals surface area contributed by atoms with Gasteiger partial charge in [0.05, 0.1) is 12.4 Å². The van der Waals surface area contributed by atoms with Crippen molar-refractivity contribution in [3.05, 3.63) is 54.4 Å². The minimum Gasteiger partial charge on any atom is -0.374 e. The quantitative estimate of drug-likeness (QED) is 0.755. The summed E-state index contributed by atoms with van der Waals surface area (Å²) in [6.07, 6.45) is 8.05. The maximum atomic E-state index is 6.03. The third kappa shape index (κ3) is 3.70. The average Bonchev–Trinajstić information content (AvgIpc) is 3.34. The van der Waals surface area contributed by atoms with Gasteiger partial charge in [0.25, 0.3) is 0 Å². The van der Waals surface area contributed by atoms with Crippen molar-refractivity contribution < 1.29 is 4.74 Å². The number of ether oxygens (including phenoxy) is 1. The Morgan fingerprint density at radius 2 is 2.12 bits per heavy atom. The van der Waals surface area contributed by atoms with Crippen molar-refractivity contribution in [3.63, 3.8) is 0 Å². The highest BCUT2D eigenvalue weighted by atomic mass is 16.5. The monoisotopic (exact) mass is 351 g/mol. The lowest BCUT2D eigenvalue weighted by molar-refractivity contribution is -0.0138. The molecule has 1 fully saturated rings. The van der Waals surface area contributed by atoms with Crippen LogP contribution in [0.5, 0.6) is 0 Å². The van der Waals surface area contributed by atoms with E-state index in [-0.39, 0.29) is 6.10 Å². The van der Waals surface area contributed by atoms with Crippen molar-refractivity contribution in [3.8, 4) is 11.4 Å². The van der Waals surface area contributed by atoms with Crippen LogP contribution in [-0.2, 0) is 11.3 Å². The number of benzene rings is 1. The standard InChI is InChI=1S/C20H25N5O/c1-14(2)19-22-20(24-23-19)17-5-3-16(4-6-17)18-11-15(7-10-26-18)12-25-9-8-21-13-25/h3-6,8-9,13-15,18H,7,10-12H2,1-2H3,(H,22,23,24). The summed E-state index contributed by atoms with van der Waals surface area (Å²) in [5.74, 6) is 2.63. The summed E-state index contributed by atoms with van der Waals surface area (Å²) in [7, 11) is 0. The number of imidazole rings is 1. The normalized spacial score (nSPS) is 20.6. The zero-order valence-corrected chi connectivity index (χ0v) is 15.3. The average molecular weight is 351 g/mol. The van der Waals surface area contributed by atoms with E-state index in [0.717, 1.165) is 43.2 Å². The van der Waals surface area contributed by atoms with Gasteiger partial charge in [-0.3, -0.25) is 5.10 Å². The van der Waals surface area contributed by atoms with Gasteiger partial charge >= 0.3 is 0 Å². The molecule has 2 aromatic heterocycles. The summed E-state index contributed by atoms with van der Waals surface area (Å²) in [5.41, 5.74) is 2.26. The third-order valence-corrected chi connectivity index (χ3v) is 5.01. The summed E-state index contributed by atoms with van der Waals surface area (Å²) in [6, 6.07) is 8.47. The number of hydrogen-bond acceptors (Lipinski definition) is 4. The highest BCUT2D eigenvalue weighted by Gasteiger charge is 2.24. The molecule has 2 unspecified atom stereocenters. The maximum Gasteiger partial charge on any atom is 0.181 e. The molecule has 136 valence electrons. The lowest BCUT2D eigenvalue weighted by Gasteiger charge is -2.30. The van der Waals surface area contributed by atoms with E-state index in [1.54, 1.807) is 0 Å². The van der Waals surface area contributed by atoms with Crippen LogP contribution in [0.15, 0.2) is 43.0 Å². The molecule has 0 radical (unpaired) electrons. The lowest BCUT2D eigenvalue weighted by atomic mass is 9.91. The molecule has 0 spiro atoms. The van der Waals surface area contributed by atoms with Gasteiger partial charge in [-0.15, -0.1) is 0 Å². The van der Waals surface area contributed by atoms with Gasteiger partial charge in [0.15, 0.2) is 5.82 Å². The van der Waals surface area contributed by atoms with Crippen LogP contribution in [-0.4, -0.2) is 31.3 Å². The molecule has 1 aliphatic rings. The van der Waals surface area contributed by atoms with Crippen molar-refractivity contribution >= 4 is 0 Å². The molecule has 1 aromatic carbocycles. The van der Waals surface area contributed by atoms with Gasteiger partial charge in [0, 0.05) is 37.0 Å². The predicted molar refractivity (Wildman–Crippen MR) is 99.6 cm³/mol. The van der Waals surface area contributed by atoms with E-state index >= 15 is 0 Å². The summed E-state index contributed by atoms with van der Waals surface area (Å²) in [5, 5.41) is 7.34. The molecule has 1 aliphatic heterocycles. The van der Waals surface area contributed by atoms with Crippen molar-refractivity contribution in [2.24, 2.45) is 5.92 Å². The number of hydrogen-bond donors (Lipinski definition) is 1. The second-order valence-corrected chi connectivity index (χ2v) is 7.33. The molecule has 0 amide bonds. The Bertz CT molecular complexity index is 822. The molecule has 3 aromatic rings. The molecule has 4 rings (SSSR count). The minimum absolute atomic E-state index is 0.157. The number of aromatic amines is 1. The molecule has 6 nitrogen and oxygen atoms in total. The fourth-order valence-electron chi connectivity index (χ4n) is 3.47. The summed E-state index contributed by atoms with van der Waals surface area (Å²) < 4.78 is 8.19. The highest BCUT2D eigenvalue weighted by Crippen LogP contribution is 2.33. The van der Waals surface area contributed by atoms with Crippen molar-refractivity contribution in [2.75, 3.05) is 6.61 Å². The molecule has 26 heavy (non-hydrogen) atoms. The van der Waals surface area contributed by atoms with Gasteiger partial charge < -0.3 is 9.30 Å². The van der Waals surface area contributed by atoms with Crippen molar-refractivity contribution in [1.82, 2.24) is 24.7 Å². The molecular formula is C20H25N5O. The Morgan fingerprint density at radius 3 is 2.81 bits per heavy atom. The smallest absolute Gasteiger partial charge is 0.181 e. The molecule has 2 atom stereocenters. The van der Waals surface area contributed by atoms with Gasteiger partial charge in [-0.25, -0.2) is 9.97 Å². The van der Waals surface area contributed by atoms with Crippen LogP contribution >= 0.6 is 0 Å². The molecule has 0 bridgehead atoms. The number of nitrogens with zero attached hydrogens (tertiary/aromatic N) is 4. The first kappa shape index (κ1) is 17.0. The van der Waals surface area contributed by atoms with Gasteiger partial charge in [0.2, 0.25) is 0 Å². The van der Waals surface area contributed by atoms with Crippen molar-refractivity contribution in [2.45, 2.75) is 45.3 Å². The zero-order valence-electron chi connectivity index (χ0n) is 15.3. The van der Waals surface area contributed by atoms with Crippen LogP contribution in [0.3, 0.4) is 0 Å². The first-order valence-corrected chi connectivity index (χ1v) is 9.29. The number of aromatic nitrogens is 5. The minimum atomic E-state index is 0.157. The van der Waals surface area contributed by atoms with E-state index in [1.807, 2.05) is 18.7 Å². The van der Waals surface area contributed by atoms with Crippen LogP contribution in [0.4, 0.5) is 0 Å². The Kier molecular flexibility index (Phi) is 4.84. The first-order valence-electron chi connectivity index (χ1n) is 9.29. The van der Waals surface area contributed by atoms with Crippen molar-refractivity contribution in [1.29, 1.82) is 0 Å². The fourth-order valence-corrected chi connectivity index (χ4v) is 3.47. The highest BCUT2D eigenvalue weighted by molar-refractivity contribution is 5.55. The second kappa shape index (κ2) is 7.41. The van der Waals surface area contributed by atoms with Gasteiger partial charge in [-0.2, -0.15) is 5.10 Å². The molecular weight excluding hydrogens is 326 g/mol. The van der Waals surface area contributed by atoms with Gasteiger partial charge in [-0.1, -0.05) is 38.1 Å². The Labute approximate surface area is 153 Å². The van der Waals surface area contributed by atoms with Crippen LogP contribution < -0.4 is 0 Å². The topological polar surface area (TPSA) is 68.6 Å². The predicted octanol–water partition coefficient (Wildman–Crippen LogP) is 3.96. The van der Waals surface area contributed by atoms with E-state index in [4.69, 9.17) is 4.74 Å². The van der Waals surface area contributed by atoms with E-state index in [9.17, 15) is 0 Å². The number of nitrogens with one attached hydrogen (secondary N) is 1. The van der Waals surface area contributed by atoms with Crippen LogP contribution in [0.25, 0.3) is 11.4 Å². The Balaban J connectivity index is 1.44. The molecule has 0 saturated carbocycles. The summed E-state index contributed by atoms with van der Waals surface area (Å²) in [6.45, 7) is 6.03. The SMILES string of the molecule is CC(C)c1nc(-c2ccc(C3CC(Cn4ccnc4)CCO3)cc2)n[nH]1. The van der Waals surface area contributed by atoms with E-state index in [0.29, 0.717) is 11.8 Å². The largest absolute Gasteiger partial charge is 0.374 e. The first-order chi connectivity index (χ1) is 12.7. The molecule has 1 saturated heterocycles. The van der Waals surface area contributed by atoms with E-state index in [2.05, 4.69) is 62.8 Å². The lowest BCUT2D eigenvalue weighted by Crippen LogP contribution is -2.23. The van der Waals surface area contributed by atoms with E-state index in [1.165, 1.54) is 5.56 Å². The summed E-state index contributed by atoms with van der Waals surface area (Å²) >= 11 is 0. The van der Waals surface area contributed by atoms with Crippen LogP contribution in [0.2, 0.25) is 0 Å². The van der Waals surface area contributed by atoms with Gasteiger partial charge in [-0.05, 0) is 24.3 Å². The Hall–Kier alpha value is -2.47. The van der Waals surface area contributed by atoms with Gasteiger partial charge in [0.1, 0.15) is 5.82 Å². The molecule has 3 heterocycles. The summed E-state index contributed by atoms with van der Waals surface area (Å²) in [4.78, 5) is 8.70. The molecule has 0 aliphatic carbocycles. The Morgan fingerprint density at radius 1 is 1.27 bits per heavy atom. The molecule has 6 heteroatoms. The second-order valence-electron chi connectivity index (χ2n) is 7.33. The zero-order chi connectivity index (χ0) is 17.9.